The van der Waals surface area contributed by atoms with Crippen LogP contribution in [-0.2, 0) is 4.79 Å². The molecule has 0 spiro atoms. The van der Waals surface area contributed by atoms with Gasteiger partial charge in [-0.05, 0) is 72.8 Å². The number of carbonyl (C=O) groups excluding carboxylic acids is 1. The summed E-state index contributed by atoms with van der Waals surface area (Å²) in [7, 11) is 1.43. The first-order valence-corrected chi connectivity index (χ1v) is 13.1. The fourth-order valence-corrected chi connectivity index (χ4v) is 4.56. The van der Waals surface area contributed by atoms with E-state index in [-0.39, 0.29) is 17.6 Å². The van der Waals surface area contributed by atoms with Crippen LogP contribution in [0.4, 0.5) is 34.6 Å². The monoisotopic (exact) mass is 563 g/mol. The Morgan fingerprint density at radius 2 is 1.85 bits per heavy atom. The summed E-state index contributed by atoms with van der Waals surface area (Å²) < 4.78 is 55.4. The van der Waals surface area contributed by atoms with E-state index in [9.17, 15) is 18.0 Å². The molecule has 1 aliphatic heterocycles. The largest absolute Gasteiger partial charge is 0.415 e. The highest BCUT2D eigenvalue weighted by molar-refractivity contribution is 6.11. The third-order valence-electron chi connectivity index (χ3n) is 7.17. The van der Waals surface area contributed by atoms with Gasteiger partial charge in [-0.1, -0.05) is 43.0 Å². The molecule has 3 aromatic carbocycles. The van der Waals surface area contributed by atoms with Crippen molar-refractivity contribution in [3.63, 3.8) is 0 Å². The van der Waals surface area contributed by atoms with Crippen LogP contribution >= 0.6 is 0 Å². The van der Waals surface area contributed by atoms with Crippen molar-refractivity contribution in [2.45, 2.75) is 25.1 Å². The van der Waals surface area contributed by atoms with Crippen LogP contribution in [0.25, 0.3) is 0 Å². The number of nitrogens with zero attached hydrogens (tertiary/aromatic N) is 2. The van der Waals surface area contributed by atoms with Crippen molar-refractivity contribution in [3.8, 4) is 0 Å². The Balaban J connectivity index is 1.45. The SMILES string of the molecule is C=C(/C=C(/C(=O)Nc1cc(C(NCC2CC2)c2ccccc2)ccc1F)N(C)c1ccc2c(c1)C(N)=N2)C(F)(F)F. The van der Waals surface area contributed by atoms with Crippen LogP contribution in [0, 0.1) is 11.7 Å². The van der Waals surface area contributed by atoms with E-state index in [1.165, 1.54) is 24.1 Å². The van der Waals surface area contributed by atoms with Crippen LogP contribution in [0.3, 0.4) is 0 Å². The molecule has 3 aromatic rings. The summed E-state index contributed by atoms with van der Waals surface area (Å²) in [6, 6.07) is 18.6. The van der Waals surface area contributed by atoms with Crippen LogP contribution in [-0.4, -0.2) is 31.5 Å². The second-order valence-electron chi connectivity index (χ2n) is 10.2. The van der Waals surface area contributed by atoms with E-state index in [4.69, 9.17) is 5.73 Å². The number of nitrogens with two attached hydrogens (primary N) is 1. The second kappa shape index (κ2) is 11.2. The van der Waals surface area contributed by atoms with Gasteiger partial charge >= 0.3 is 6.18 Å². The number of anilines is 2. The van der Waals surface area contributed by atoms with Crippen molar-refractivity contribution >= 4 is 28.8 Å². The standard InChI is InChI=1S/C31H29F4N5O/c1-18(31(33,34)35)14-27(40(2)22-11-13-25-23(16-22)29(36)38-25)30(41)39-26-15-21(10-12-24(26)32)28(37-17-19-8-9-19)20-6-4-3-5-7-20/h3-7,10-16,19,28,37H,1,8-9,17H2,2H3,(H2,36,38)(H,39,41)/b27-14-. The molecular formula is C31H29F4N5O. The van der Waals surface area contributed by atoms with Crippen molar-refractivity contribution in [1.29, 1.82) is 0 Å². The van der Waals surface area contributed by atoms with Crippen LogP contribution in [0.5, 0.6) is 0 Å². The Bertz CT molecular complexity index is 1540. The number of fused-ring (bicyclic) bond motifs is 1. The zero-order valence-corrected chi connectivity index (χ0v) is 22.3. The van der Waals surface area contributed by atoms with Crippen LogP contribution in [0.15, 0.2) is 95.6 Å². The lowest BCUT2D eigenvalue weighted by Gasteiger charge is -2.25. The van der Waals surface area contributed by atoms with Gasteiger partial charge in [0.1, 0.15) is 17.3 Å². The molecule has 10 heteroatoms. The minimum Gasteiger partial charge on any atom is -0.383 e. The van der Waals surface area contributed by atoms with Gasteiger partial charge in [-0.25, -0.2) is 9.38 Å². The molecule has 212 valence electrons. The van der Waals surface area contributed by atoms with Crippen molar-refractivity contribution in [2.75, 3.05) is 23.8 Å². The maximum atomic E-state index is 15.0. The number of halogens is 4. The molecule has 2 aliphatic rings. The van der Waals surface area contributed by atoms with Gasteiger partial charge in [0.15, 0.2) is 0 Å². The normalized spacial score (nSPS) is 15.3. The Hall–Kier alpha value is -4.44. The van der Waals surface area contributed by atoms with Crippen molar-refractivity contribution in [2.24, 2.45) is 16.6 Å². The van der Waals surface area contributed by atoms with E-state index < -0.39 is 29.2 Å². The molecule has 0 aromatic heterocycles. The van der Waals surface area contributed by atoms with E-state index in [0.29, 0.717) is 34.5 Å². The number of allylic oxidation sites excluding steroid dienone is 2. The highest BCUT2D eigenvalue weighted by atomic mass is 19.4. The highest BCUT2D eigenvalue weighted by Gasteiger charge is 2.32. The average Bonchev–Trinajstić information content (AvgIpc) is 3.77. The minimum atomic E-state index is -4.77. The lowest BCUT2D eigenvalue weighted by atomic mass is 9.97. The van der Waals surface area contributed by atoms with E-state index in [1.54, 1.807) is 24.3 Å². The molecule has 1 heterocycles. The molecule has 1 unspecified atom stereocenters. The summed E-state index contributed by atoms with van der Waals surface area (Å²) in [5.74, 6) is -0.798. The van der Waals surface area contributed by atoms with Crippen molar-refractivity contribution < 1.29 is 22.4 Å². The number of amides is 1. The second-order valence-corrected chi connectivity index (χ2v) is 10.2. The smallest absolute Gasteiger partial charge is 0.383 e. The van der Waals surface area contributed by atoms with Gasteiger partial charge < -0.3 is 21.3 Å². The summed E-state index contributed by atoms with van der Waals surface area (Å²) in [5, 5.41) is 6.01. The van der Waals surface area contributed by atoms with Crippen LogP contribution in [0.1, 0.15) is 35.6 Å². The first-order chi connectivity index (χ1) is 19.5. The molecule has 1 atom stereocenters. The number of alkyl halides is 3. The molecule has 1 aliphatic carbocycles. The maximum Gasteiger partial charge on any atom is 0.415 e. The Labute approximate surface area is 235 Å². The zero-order chi connectivity index (χ0) is 29.3. The fourth-order valence-electron chi connectivity index (χ4n) is 4.56. The van der Waals surface area contributed by atoms with Gasteiger partial charge in [0.25, 0.3) is 5.91 Å². The summed E-state index contributed by atoms with van der Waals surface area (Å²) in [4.78, 5) is 18.8. The number of rotatable bonds is 10. The molecule has 0 saturated heterocycles. The fraction of sp³-hybridized carbons (Fsp3) is 0.226. The number of likely N-dealkylation sites (N-methyl/N-ethyl adjacent to an activating group) is 1. The zero-order valence-electron chi connectivity index (χ0n) is 22.3. The molecule has 0 bridgehead atoms. The quantitative estimate of drug-likeness (QED) is 0.153. The first kappa shape index (κ1) is 28.1. The summed E-state index contributed by atoms with van der Waals surface area (Å²) in [6.07, 6.45) is -1.84. The molecule has 6 nitrogen and oxygen atoms in total. The molecule has 5 rings (SSSR count). The molecule has 1 amide bonds. The number of aliphatic imine (C=N–C) groups is 1. The molecule has 4 N–H and O–H groups in total. The lowest BCUT2D eigenvalue weighted by molar-refractivity contribution is -0.113. The number of amidine groups is 1. The maximum absolute atomic E-state index is 15.0. The van der Waals surface area contributed by atoms with E-state index >= 15 is 4.39 Å². The van der Waals surface area contributed by atoms with Gasteiger partial charge in [-0.15, -0.1) is 0 Å². The van der Waals surface area contributed by atoms with Crippen molar-refractivity contribution in [1.82, 2.24) is 5.32 Å². The highest BCUT2D eigenvalue weighted by Crippen LogP contribution is 2.34. The summed E-state index contributed by atoms with van der Waals surface area (Å²) in [6.45, 7) is 3.87. The Morgan fingerprint density at radius 1 is 1.12 bits per heavy atom. The lowest BCUT2D eigenvalue weighted by Crippen LogP contribution is -2.30. The van der Waals surface area contributed by atoms with Crippen molar-refractivity contribution in [3.05, 3.63) is 113 Å². The molecule has 0 radical (unpaired) electrons. The molecular weight excluding hydrogens is 534 g/mol. The van der Waals surface area contributed by atoms with Crippen LogP contribution in [0.2, 0.25) is 0 Å². The number of carbonyl (C=O) groups is 1. The predicted octanol–water partition coefficient (Wildman–Crippen LogP) is 6.34. The topological polar surface area (TPSA) is 82.8 Å². The number of hydrogen-bond acceptors (Lipinski definition) is 5. The molecule has 1 fully saturated rings. The van der Waals surface area contributed by atoms with Gasteiger partial charge in [-0.3, -0.25) is 4.79 Å². The Kier molecular flexibility index (Phi) is 7.68. The predicted molar refractivity (Wildman–Crippen MR) is 153 cm³/mol. The van der Waals surface area contributed by atoms with Gasteiger partial charge in [0, 0.05) is 18.3 Å². The number of hydrogen-bond donors (Lipinski definition) is 3. The van der Waals surface area contributed by atoms with Gasteiger partial charge in [-0.2, -0.15) is 13.2 Å². The van der Waals surface area contributed by atoms with E-state index in [2.05, 4.69) is 22.2 Å². The summed E-state index contributed by atoms with van der Waals surface area (Å²) >= 11 is 0. The number of benzene rings is 3. The average molecular weight is 564 g/mol. The summed E-state index contributed by atoms with van der Waals surface area (Å²) in [5.41, 5.74) is 7.32. The third kappa shape index (κ3) is 6.33. The minimum absolute atomic E-state index is 0.160. The number of nitrogens with one attached hydrogen (secondary N) is 2. The van der Waals surface area contributed by atoms with Gasteiger partial charge in [0.05, 0.1) is 23.0 Å². The molecule has 1 saturated carbocycles. The molecule has 41 heavy (non-hydrogen) atoms. The van der Waals surface area contributed by atoms with E-state index in [1.807, 2.05) is 30.3 Å². The van der Waals surface area contributed by atoms with Gasteiger partial charge in [0.2, 0.25) is 0 Å². The van der Waals surface area contributed by atoms with Crippen LogP contribution < -0.4 is 21.3 Å². The third-order valence-corrected chi connectivity index (χ3v) is 7.17. The Morgan fingerprint density at radius 3 is 2.51 bits per heavy atom. The first-order valence-electron chi connectivity index (χ1n) is 13.1. The van der Waals surface area contributed by atoms with E-state index in [0.717, 1.165) is 24.9 Å².